The summed E-state index contributed by atoms with van der Waals surface area (Å²) >= 11 is 0. The third kappa shape index (κ3) is 68.5. The highest BCUT2D eigenvalue weighted by Crippen LogP contribution is 2.38. The average molecular weight is 1210 g/mol. The van der Waals surface area contributed by atoms with Crippen LogP contribution < -0.4 is 4.89 Å². The smallest absolute Gasteiger partial charge is 0.306 e. The summed E-state index contributed by atoms with van der Waals surface area (Å²) in [7, 11) is 1.12. The van der Waals surface area contributed by atoms with Crippen molar-refractivity contribution in [1.29, 1.82) is 0 Å². The third-order valence-electron chi connectivity index (χ3n) is 13.7. The van der Waals surface area contributed by atoms with E-state index in [9.17, 15) is 19.0 Å². The molecule has 2 unspecified atom stereocenters. The molecule has 0 fully saturated rings. The van der Waals surface area contributed by atoms with E-state index in [1.807, 2.05) is 21.1 Å². The van der Waals surface area contributed by atoms with Crippen molar-refractivity contribution in [3.8, 4) is 0 Å². The molecule has 86 heavy (non-hydrogen) atoms. The van der Waals surface area contributed by atoms with Gasteiger partial charge in [0.15, 0.2) is 6.10 Å². The summed E-state index contributed by atoms with van der Waals surface area (Å²) < 4.78 is 34.2. The molecule has 0 aromatic heterocycles. The predicted octanol–water partition coefficient (Wildman–Crippen LogP) is 21.5. The molecule has 0 aliphatic heterocycles. The Kier molecular flexibility index (Phi) is 61.3. The van der Waals surface area contributed by atoms with Crippen molar-refractivity contribution < 1.29 is 42.1 Å². The summed E-state index contributed by atoms with van der Waals surface area (Å²) in [4.78, 5) is 38.0. The van der Waals surface area contributed by atoms with E-state index in [0.717, 1.165) is 141 Å². The number of phosphoric acid groups is 1. The van der Waals surface area contributed by atoms with Crippen LogP contribution in [0.1, 0.15) is 245 Å². The number of unbranched alkanes of at least 4 members (excludes halogenated alkanes) is 18. The van der Waals surface area contributed by atoms with E-state index in [4.69, 9.17) is 18.5 Å². The fraction of sp³-hybridized carbons (Fsp3) is 0.605. The topological polar surface area (TPSA) is 111 Å². The number of nitrogens with zero attached hydrogens (tertiary/aromatic N) is 1. The van der Waals surface area contributed by atoms with Crippen LogP contribution in [0.15, 0.2) is 170 Å². The summed E-state index contributed by atoms with van der Waals surface area (Å²) in [6.07, 6.45) is 98.4. The minimum absolute atomic E-state index is 0.0456. The highest BCUT2D eigenvalue weighted by molar-refractivity contribution is 7.45. The van der Waals surface area contributed by atoms with Gasteiger partial charge in [-0.2, -0.15) is 0 Å². The number of rotatable bonds is 60. The van der Waals surface area contributed by atoms with Gasteiger partial charge < -0.3 is 27.9 Å². The highest BCUT2D eigenvalue weighted by atomic mass is 31.2. The molecular formula is C76H124NO8P. The molecule has 0 aromatic carbocycles. The molecule has 10 heteroatoms. The first-order valence-electron chi connectivity index (χ1n) is 33.8. The standard InChI is InChI=1S/C76H124NO8P/c1-6-8-10-12-14-16-18-20-22-24-26-28-30-31-32-33-34-35-36-37-38-39-40-41-42-43-44-45-47-49-51-53-55-57-59-61-63-65-67-69-76(79)85-74(73-84-86(80,81)83-71-70-77(3,4)5)72-82-75(78)68-66-64-62-60-58-56-54-52-50-48-46-29-27-25-23-21-19-17-15-13-11-9-7-2/h8,10,14,16,19-22,25-28,31-32,34-35,37-38,40-41,43-44,46-49,53,55,74H,6-7,9,11-13,15,17-18,23-24,29-30,33,36,39,42,45,50-52,54,56-73H2,1-5H3/b10-8-,16-14-,21-19-,22-20-,27-25-,28-26-,32-31-,35-34-,38-37-,41-40-,44-43-,48-46-,49-47-,55-53-. The molecular weight excluding hydrogens is 1090 g/mol. The Labute approximate surface area is 528 Å². The van der Waals surface area contributed by atoms with E-state index in [1.165, 1.54) is 64.2 Å². The van der Waals surface area contributed by atoms with Crippen molar-refractivity contribution in [2.75, 3.05) is 47.5 Å². The van der Waals surface area contributed by atoms with Crippen molar-refractivity contribution in [1.82, 2.24) is 0 Å². The lowest BCUT2D eigenvalue weighted by Gasteiger charge is -2.28. The normalized spacial score (nSPS) is 14.3. The second kappa shape index (κ2) is 64.8. The Hall–Kier alpha value is -4.63. The van der Waals surface area contributed by atoms with Gasteiger partial charge in [0.25, 0.3) is 7.82 Å². The number of phosphoric ester groups is 1. The van der Waals surface area contributed by atoms with Gasteiger partial charge in [-0.25, -0.2) is 0 Å². The number of esters is 2. The van der Waals surface area contributed by atoms with Crippen molar-refractivity contribution in [3.63, 3.8) is 0 Å². The summed E-state index contributed by atoms with van der Waals surface area (Å²) in [5.41, 5.74) is 0. The number of hydrogen-bond acceptors (Lipinski definition) is 8. The SMILES string of the molecule is CC/C=C\C/C=C\C/C=C\C/C=C\C/C=C\C/C=C\C/C=C\C/C=C\C/C=C\C/C=C\C/C=C\CCCCCCCC(=O)OC(COC(=O)CCCCCCCCCC/C=C\C/C=C\C/C=C\CCCCCCC)COP(=O)([O-])OCC[N+](C)(C)C. The molecule has 0 aliphatic carbocycles. The van der Waals surface area contributed by atoms with Gasteiger partial charge in [0.2, 0.25) is 0 Å². The molecule has 0 saturated heterocycles. The Morgan fingerprint density at radius 3 is 0.988 bits per heavy atom. The third-order valence-corrected chi connectivity index (χ3v) is 14.7. The first kappa shape index (κ1) is 81.4. The molecule has 0 N–H and O–H groups in total. The maximum absolute atomic E-state index is 12.8. The van der Waals surface area contributed by atoms with Crippen molar-refractivity contribution in [2.24, 2.45) is 0 Å². The molecule has 0 spiro atoms. The largest absolute Gasteiger partial charge is 0.756 e. The number of hydrogen-bond donors (Lipinski definition) is 0. The number of ether oxygens (including phenoxy) is 2. The highest BCUT2D eigenvalue weighted by Gasteiger charge is 2.22. The van der Waals surface area contributed by atoms with Crippen LogP contribution in [-0.2, 0) is 32.7 Å². The van der Waals surface area contributed by atoms with E-state index in [1.54, 1.807) is 0 Å². The fourth-order valence-corrected chi connectivity index (χ4v) is 9.28. The molecule has 0 amide bonds. The van der Waals surface area contributed by atoms with Crippen LogP contribution in [0, 0.1) is 0 Å². The van der Waals surface area contributed by atoms with Gasteiger partial charge in [-0.1, -0.05) is 267 Å². The monoisotopic (exact) mass is 1210 g/mol. The van der Waals surface area contributed by atoms with Crippen LogP contribution >= 0.6 is 7.82 Å². The molecule has 0 bridgehead atoms. The van der Waals surface area contributed by atoms with Crippen LogP contribution in [0.4, 0.5) is 0 Å². The molecule has 0 aromatic rings. The maximum atomic E-state index is 12.8. The summed E-state index contributed by atoms with van der Waals surface area (Å²) in [5.74, 6) is -0.875. The minimum Gasteiger partial charge on any atom is -0.756 e. The summed E-state index contributed by atoms with van der Waals surface area (Å²) in [6.45, 7) is 4.07. The molecule has 9 nitrogen and oxygen atoms in total. The zero-order valence-electron chi connectivity index (χ0n) is 55.2. The van der Waals surface area contributed by atoms with Crippen molar-refractivity contribution >= 4 is 19.8 Å². The number of likely N-dealkylation sites (N-methyl/N-ethyl adjacent to an activating group) is 1. The molecule has 0 heterocycles. The summed E-state index contributed by atoms with van der Waals surface area (Å²) in [6, 6.07) is 0. The van der Waals surface area contributed by atoms with E-state index < -0.39 is 32.5 Å². The first-order valence-corrected chi connectivity index (χ1v) is 35.3. The zero-order chi connectivity index (χ0) is 62.6. The predicted molar refractivity (Wildman–Crippen MR) is 369 cm³/mol. The average Bonchev–Trinajstić information content (AvgIpc) is 3.56. The van der Waals surface area contributed by atoms with Crippen molar-refractivity contribution in [2.45, 2.75) is 251 Å². The van der Waals surface area contributed by atoms with E-state index in [-0.39, 0.29) is 26.1 Å². The van der Waals surface area contributed by atoms with Crippen LogP contribution in [0.25, 0.3) is 0 Å². The molecule has 0 radical (unpaired) electrons. The van der Waals surface area contributed by atoms with Crippen LogP contribution in [0.5, 0.6) is 0 Å². The number of carbonyl (C=O) groups excluding carboxylic acids is 2. The van der Waals surface area contributed by atoms with Gasteiger partial charge in [-0.3, -0.25) is 14.2 Å². The van der Waals surface area contributed by atoms with Gasteiger partial charge in [-0.15, -0.1) is 0 Å². The van der Waals surface area contributed by atoms with Gasteiger partial charge in [0.1, 0.15) is 19.8 Å². The zero-order valence-corrected chi connectivity index (χ0v) is 56.1. The number of quaternary nitrogens is 1. The molecule has 0 aliphatic rings. The molecule has 0 saturated carbocycles. The van der Waals surface area contributed by atoms with E-state index >= 15 is 0 Å². The van der Waals surface area contributed by atoms with E-state index in [2.05, 4.69) is 184 Å². The molecule has 2 atom stereocenters. The maximum Gasteiger partial charge on any atom is 0.306 e. The minimum atomic E-state index is -4.66. The Balaban J connectivity index is 4.21. The lowest BCUT2D eigenvalue weighted by Crippen LogP contribution is -2.37. The first-order chi connectivity index (χ1) is 42.0. The van der Waals surface area contributed by atoms with Crippen LogP contribution in [0.3, 0.4) is 0 Å². The fourth-order valence-electron chi connectivity index (χ4n) is 8.55. The quantitative estimate of drug-likeness (QED) is 0.0195. The van der Waals surface area contributed by atoms with Gasteiger partial charge in [-0.05, 0) is 135 Å². The Morgan fingerprint density at radius 1 is 0.372 bits per heavy atom. The lowest BCUT2D eigenvalue weighted by molar-refractivity contribution is -0.870. The summed E-state index contributed by atoms with van der Waals surface area (Å²) in [5, 5.41) is 0. The van der Waals surface area contributed by atoms with Crippen LogP contribution in [0.2, 0.25) is 0 Å². The van der Waals surface area contributed by atoms with Gasteiger partial charge >= 0.3 is 11.9 Å². The Morgan fingerprint density at radius 2 is 0.663 bits per heavy atom. The second-order valence-corrected chi connectivity index (χ2v) is 24.5. The van der Waals surface area contributed by atoms with Gasteiger partial charge in [0.05, 0.1) is 27.7 Å². The van der Waals surface area contributed by atoms with Gasteiger partial charge in [0, 0.05) is 12.8 Å². The Bertz CT molecular complexity index is 2060. The van der Waals surface area contributed by atoms with Crippen molar-refractivity contribution in [3.05, 3.63) is 170 Å². The number of allylic oxidation sites excluding steroid dienone is 28. The lowest BCUT2D eigenvalue weighted by atomic mass is 10.1. The molecule has 486 valence electrons. The molecule has 0 rings (SSSR count). The number of carbonyl (C=O) groups is 2. The van der Waals surface area contributed by atoms with Crippen LogP contribution in [-0.4, -0.2) is 70.0 Å². The van der Waals surface area contributed by atoms with E-state index in [0.29, 0.717) is 23.9 Å². The second-order valence-electron chi connectivity index (χ2n) is 23.1.